The lowest BCUT2D eigenvalue weighted by molar-refractivity contribution is 0.0697. The molecule has 0 spiro atoms. The molecule has 2 heterocycles. The predicted molar refractivity (Wildman–Crippen MR) is 98.8 cm³/mol. The monoisotopic (exact) mass is 420 g/mol. The minimum absolute atomic E-state index is 0.179. The van der Waals surface area contributed by atoms with Crippen molar-refractivity contribution in [2.24, 2.45) is 12.1 Å². The van der Waals surface area contributed by atoms with Crippen molar-refractivity contribution < 1.29 is 9.90 Å². The van der Waals surface area contributed by atoms with Crippen LogP contribution >= 0.6 is 15.9 Å². The van der Waals surface area contributed by atoms with Gasteiger partial charge in [-0.3, -0.25) is 19.8 Å². The number of carboxylic acid groups (broad SMARTS) is 1. The largest absolute Gasteiger partial charge is 0.478 e. The van der Waals surface area contributed by atoms with Gasteiger partial charge in [-0.15, -0.1) is 0 Å². The number of halogens is 1. The molecule has 3 N–H and O–H groups in total. The van der Waals surface area contributed by atoms with Gasteiger partial charge < -0.3 is 9.67 Å². The third kappa shape index (κ3) is 3.28. The average molecular weight is 421 g/mol. The highest BCUT2D eigenvalue weighted by atomic mass is 79.9. The average Bonchev–Trinajstić information content (AvgIpc) is 2.94. The maximum Gasteiger partial charge on any atom is 0.335 e. The first-order chi connectivity index (χ1) is 12.4. The van der Waals surface area contributed by atoms with Gasteiger partial charge in [0.2, 0.25) is 0 Å². The number of nitrogens with one attached hydrogen (secondary N) is 2. The van der Waals surface area contributed by atoms with E-state index in [0.29, 0.717) is 10.4 Å². The van der Waals surface area contributed by atoms with Gasteiger partial charge in [-0.25, -0.2) is 14.6 Å². The van der Waals surface area contributed by atoms with Crippen molar-refractivity contribution in [3.05, 3.63) is 55.4 Å². The van der Waals surface area contributed by atoms with E-state index in [4.69, 9.17) is 5.11 Å². The molecule has 0 aliphatic carbocycles. The molecule has 0 saturated heterocycles. The molecule has 0 atom stereocenters. The zero-order chi connectivity index (χ0) is 18.8. The molecule has 0 aliphatic heterocycles. The Morgan fingerprint density at radius 3 is 2.73 bits per heavy atom. The lowest BCUT2D eigenvalue weighted by Gasteiger charge is -2.03. The van der Waals surface area contributed by atoms with E-state index >= 15 is 0 Å². The van der Waals surface area contributed by atoms with Crippen molar-refractivity contribution in [2.45, 2.75) is 6.54 Å². The fourth-order valence-corrected chi connectivity index (χ4v) is 2.79. The normalized spacial score (nSPS) is 11.3. The summed E-state index contributed by atoms with van der Waals surface area (Å²) in [6, 6.07) is 6.09. The number of aryl methyl sites for hydroxylation is 1. The van der Waals surface area contributed by atoms with Crippen LogP contribution in [0.25, 0.3) is 11.2 Å². The van der Waals surface area contributed by atoms with E-state index in [1.807, 2.05) is 0 Å². The number of rotatable bonds is 5. The molecule has 0 fully saturated rings. The summed E-state index contributed by atoms with van der Waals surface area (Å²) < 4.78 is 3.19. The zero-order valence-electron chi connectivity index (χ0n) is 13.4. The summed E-state index contributed by atoms with van der Waals surface area (Å²) in [4.78, 5) is 40.9. The summed E-state index contributed by atoms with van der Waals surface area (Å²) in [6.45, 7) is 0.221. The molecule has 0 unspecified atom stereocenters. The summed E-state index contributed by atoms with van der Waals surface area (Å²) in [5.74, 6) is -1.00. The van der Waals surface area contributed by atoms with Gasteiger partial charge in [0.15, 0.2) is 15.9 Å². The summed E-state index contributed by atoms with van der Waals surface area (Å²) in [6.07, 6.45) is 1.52. The Balaban J connectivity index is 1.79. The third-order valence-corrected chi connectivity index (χ3v) is 4.25. The summed E-state index contributed by atoms with van der Waals surface area (Å²) in [5.41, 5.74) is 2.98. The molecule has 0 saturated carbocycles. The maximum atomic E-state index is 12.1. The smallest absolute Gasteiger partial charge is 0.335 e. The van der Waals surface area contributed by atoms with Crippen molar-refractivity contribution in [3.8, 4) is 0 Å². The highest BCUT2D eigenvalue weighted by molar-refractivity contribution is 9.10. The molecule has 0 radical (unpaired) electrons. The van der Waals surface area contributed by atoms with Crippen LogP contribution in [0.15, 0.2) is 43.7 Å². The standard InChI is InChI=1S/C15H13BrN6O4/c1-21-11-10(12(23)19-15(21)26)22(14(16)18-11)7-6-17-20-9-4-2-8(3-5-9)13(24)25/h2-6,20H,7H2,1H3,(H,24,25)(H,19,23,26)/b17-6+. The number of aromatic carboxylic acids is 1. The quantitative estimate of drug-likeness (QED) is 0.320. The molecular formula is C15H13BrN6O4. The lowest BCUT2D eigenvalue weighted by atomic mass is 10.2. The second-order valence-electron chi connectivity index (χ2n) is 5.29. The van der Waals surface area contributed by atoms with Crippen LogP contribution in [0.3, 0.4) is 0 Å². The van der Waals surface area contributed by atoms with E-state index in [9.17, 15) is 14.4 Å². The number of fused-ring (bicyclic) bond motifs is 1. The summed E-state index contributed by atoms with van der Waals surface area (Å²) in [7, 11) is 1.51. The molecular weight excluding hydrogens is 408 g/mol. The van der Waals surface area contributed by atoms with E-state index in [0.717, 1.165) is 0 Å². The van der Waals surface area contributed by atoms with E-state index in [1.54, 1.807) is 16.7 Å². The Morgan fingerprint density at radius 2 is 2.08 bits per heavy atom. The number of hydrogen-bond acceptors (Lipinski definition) is 6. The minimum atomic E-state index is -1.00. The van der Waals surface area contributed by atoms with E-state index in [-0.39, 0.29) is 23.3 Å². The topological polar surface area (TPSA) is 134 Å². The first-order valence-corrected chi connectivity index (χ1v) is 8.13. The Bertz CT molecular complexity index is 1130. The maximum absolute atomic E-state index is 12.1. The molecule has 11 heteroatoms. The zero-order valence-corrected chi connectivity index (χ0v) is 15.0. The first kappa shape index (κ1) is 17.6. The fourth-order valence-electron chi connectivity index (χ4n) is 2.30. The van der Waals surface area contributed by atoms with Crippen LogP contribution in [-0.4, -0.2) is 36.4 Å². The van der Waals surface area contributed by atoms with Crippen LogP contribution in [-0.2, 0) is 13.6 Å². The van der Waals surface area contributed by atoms with Crippen molar-refractivity contribution in [1.29, 1.82) is 0 Å². The number of carbonyl (C=O) groups is 1. The Kier molecular flexibility index (Phi) is 4.71. The molecule has 134 valence electrons. The molecule has 3 rings (SSSR count). The Hall–Kier alpha value is -3.21. The van der Waals surface area contributed by atoms with E-state index < -0.39 is 17.2 Å². The number of aromatic nitrogens is 4. The molecule has 1 aromatic carbocycles. The van der Waals surface area contributed by atoms with Gasteiger partial charge in [0, 0.05) is 13.3 Å². The van der Waals surface area contributed by atoms with Crippen molar-refractivity contribution in [2.75, 3.05) is 5.43 Å². The number of benzene rings is 1. The van der Waals surface area contributed by atoms with Gasteiger partial charge >= 0.3 is 11.7 Å². The lowest BCUT2D eigenvalue weighted by Crippen LogP contribution is -2.29. The van der Waals surface area contributed by atoms with Gasteiger partial charge in [-0.05, 0) is 40.2 Å². The first-order valence-electron chi connectivity index (χ1n) is 7.34. The number of hydrogen-bond donors (Lipinski definition) is 3. The van der Waals surface area contributed by atoms with Gasteiger partial charge in [0.05, 0.1) is 17.8 Å². The molecule has 0 amide bonds. The highest BCUT2D eigenvalue weighted by Gasteiger charge is 2.14. The highest BCUT2D eigenvalue weighted by Crippen LogP contribution is 2.15. The number of hydrazone groups is 1. The molecule has 10 nitrogen and oxygen atoms in total. The van der Waals surface area contributed by atoms with Crippen LogP contribution in [0.1, 0.15) is 10.4 Å². The Morgan fingerprint density at radius 1 is 1.38 bits per heavy atom. The number of anilines is 1. The summed E-state index contributed by atoms with van der Waals surface area (Å²) >= 11 is 3.27. The number of nitrogens with zero attached hydrogens (tertiary/aromatic N) is 4. The SMILES string of the molecule is Cn1c(=O)[nH]c(=O)c2c1nc(Br)n2C/C=N/Nc1ccc(C(=O)O)cc1. The molecule has 26 heavy (non-hydrogen) atoms. The van der Waals surface area contributed by atoms with Gasteiger partial charge in [-0.1, -0.05) is 0 Å². The van der Waals surface area contributed by atoms with E-state index in [1.165, 1.54) is 30.0 Å². The second kappa shape index (κ2) is 6.96. The van der Waals surface area contributed by atoms with Gasteiger partial charge in [0.25, 0.3) is 5.56 Å². The fraction of sp³-hybridized carbons (Fsp3) is 0.133. The molecule has 0 aliphatic rings. The Labute approximate surface area is 153 Å². The van der Waals surface area contributed by atoms with Gasteiger partial charge in [-0.2, -0.15) is 5.10 Å². The van der Waals surface area contributed by atoms with Crippen molar-refractivity contribution >= 4 is 45.0 Å². The molecule has 0 bridgehead atoms. The molecule has 2 aromatic heterocycles. The van der Waals surface area contributed by atoms with Crippen LogP contribution < -0.4 is 16.7 Å². The van der Waals surface area contributed by atoms with Crippen LogP contribution in [0, 0.1) is 0 Å². The van der Waals surface area contributed by atoms with Crippen LogP contribution in [0.5, 0.6) is 0 Å². The summed E-state index contributed by atoms with van der Waals surface area (Å²) in [5, 5.41) is 12.9. The predicted octanol–water partition coefficient (Wildman–Crippen LogP) is 0.982. The van der Waals surface area contributed by atoms with Crippen molar-refractivity contribution in [3.63, 3.8) is 0 Å². The second-order valence-corrected chi connectivity index (χ2v) is 6.00. The number of carboxylic acids is 1. The number of aromatic amines is 1. The minimum Gasteiger partial charge on any atom is -0.478 e. The van der Waals surface area contributed by atoms with Gasteiger partial charge in [0.1, 0.15) is 0 Å². The van der Waals surface area contributed by atoms with Crippen molar-refractivity contribution in [1.82, 2.24) is 19.1 Å². The third-order valence-electron chi connectivity index (χ3n) is 3.64. The number of imidazole rings is 1. The van der Waals surface area contributed by atoms with E-state index in [2.05, 4.69) is 36.4 Å². The number of H-pyrrole nitrogens is 1. The van der Waals surface area contributed by atoms with Crippen LogP contribution in [0.4, 0.5) is 5.69 Å². The molecule has 3 aromatic rings. The van der Waals surface area contributed by atoms with Crippen LogP contribution in [0.2, 0.25) is 0 Å².